The maximum absolute atomic E-state index is 11.5. The highest BCUT2D eigenvalue weighted by Gasteiger charge is 2.24. The van der Waals surface area contributed by atoms with Gasteiger partial charge in [-0.25, -0.2) is 4.79 Å². The quantitative estimate of drug-likeness (QED) is 0.739. The van der Waals surface area contributed by atoms with Crippen LogP contribution in [0.2, 0.25) is 0 Å². The van der Waals surface area contributed by atoms with Crippen LogP contribution in [0.25, 0.3) is 0 Å². The maximum Gasteiger partial charge on any atom is 0.408 e. The highest BCUT2D eigenvalue weighted by atomic mass is 16.6. The summed E-state index contributed by atoms with van der Waals surface area (Å²) in [7, 11) is 0. The molecule has 0 unspecified atom stereocenters. The molecule has 0 saturated carbocycles. The molecule has 5 heteroatoms. The number of ether oxygens (including phenoxy) is 3. The van der Waals surface area contributed by atoms with Gasteiger partial charge >= 0.3 is 6.09 Å². The molecule has 24 heavy (non-hydrogen) atoms. The van der Waals surface area contributed by atoms with E-state index >= 15 is 0 Å². The molecule has 0 aromatic heterocycles. The van der Waals surface area contributed by atoms with Crippen molar-refractivity contribution in [3.8, 4) is 35.3 Å². The van der Waals surface area contributed by atoms with E-state index in [1.54, 1.807) is 0 Å². The lowest BCUT2D eigenvalue weighted by Crippen LogP contribution is -2.24. The van der Waals surface area contributed by atoms with Crippen LogP contribution >= 0.6 is 0 Å². The van der Waals surface area contributed by atoms with Crippen LogP contribution in [0.5, 0.6) is 23.0 Å². The monoisotopic (exact) mass is 323 g/mol. The molecular formula is C19H17NO4. The molecule has 2 aromatic carbocycles. The van der Waals surface area contributed by atoms with Gasteiger partial charge in [0.2, 0.25) is 0 Å². The summed E-state index contributed by atoms with van der Waals surface area (Å²) in [6.07, 6.45) is 4.51. The van der Waals surface area contributed by atoms with E-state index in [9.17, 15) is 4.79 Å². The van der Waals surface area contributed by atoms with Gasteiger partial charge < -0.3 is 19.5 Å². The second kappa shape index (κ2) is 6.55. The molecule has 1 aliphatic rings. The summed E-state index contributed by atoms with van der Waals surface area (Å²) in [4.78, 5) is 11.5. The van der Waals surface area contributed by atoms with Crippen molar-refractivity contribution in [2.45, 2.75) is 20.4 Å². The van der Waals surface area contributed by atoms with Crippen LogP contribution in [0.3, 0.4) is 0 Å². The van der Waals surface area contributed by atoms with Crippen molar-refractivity contribution < 1.29 is 19.0 Å². The SMILES string of the molecule is C#CCOC(=O)NCc1cc(C)c2c(c1C)Oc1ccccc1O2. The molecule has 1 N–H and O–H groups in total. The molecule has 0 saturated heterocycles. The van der Waals surface area contributed by atoms with Gasteiger partial charge in [-0.3, -0.25) is 0 Å². The predicted octanol–water partition coefficient (Wildman–Crippen LogP) is 4.06. The summed E-state index contributed by atoms with van der Waals surface area (Å²) in [6, 6.07) is 9.48. The van der Waals surface area contributed by atoms with Crippen molar-refractivity contribution in [1.82, 2.24) is 5.32 Å². The van der Waals surface area contributed by atoms with Crippen LogP contribution in [0.1, 0.15) is 16.7 Å². The summed E-state index contributed by atoms with van der Waals surface area (Å²) >= 11 is 0. The van der Waals surface area contributed by atoms with Crippen molar-refractivity contribution >= 4 is 6.09 Å². The van der Waals surface area contributed by atoms with E-state index in [2.05, 4.69) is 11.2 Å². The Labute approximate surface area is 140 Å². The van der Waals surface area contributed by atoms with Crippen LogP contribution < -0.4 is 14.8 Å². The number of alkyl carbamates (subject to hydrolysis) is 1. The number of para-hydroxylation sites is 2. The number of amides is 1. The number of benzene rings is 2. The molecular weight excluding hydrogens is 306 g/mol. The summed E-state index contributed by atoms with van der Waals surface area (Å²) < 4.78 is 16.8. The smallest absolute Gasteiger partial charge is 0.408 e. The minimum atomic E-state index is -0.551. The van der Waals surface area contributed by atoms with Gasteiger partial charge in [0.25, 0.3) is 0 Å². The predicted molar refractivity (Wildman–Crippen MR) is 89.5 cm³/mol. The molecule has 2 aromatic rings. The maximum atomic E-state index is 11.5. The van der Waals surface area contributed by atoms with Gasteiger partial charge in [-0.1, -0.05) is 24.1 Å². The third-order valence-corrected chi connectivity index (χ3v) is 3.76. The topological polar surface area (TPSA) is 56.8 Å². The summed E-state index contributed by atoms with van der Waals surface area (Å²) in [6.45, 7) is 4.13. The fourth-order valence-electron chi connectivity index (χ4n) is 2.53. The third-order valence-electron chi connectivity index (χ3n) is 3.76. The number of aryl methyl sites for hydroxylation is 1. The lowest BCUT2D eigenvalue weighted by molar-refractivity contribution is 0.159. The Hall–Kier alpha value is -3.13. The van der Waals surface area contributed by atoms with Crippen molar-refractivity contribution in [3.05, 3.63) is 47.0 Å². The molecule has 0 fully saturated rings. The number of fused-ring (bicyclic) bond motifs is 2. The molecule has 0 radical (unpaired) electrons. The van der Waals surface area contributed by atoms with Gasteiger partial charge in [0.05, 0.1) is 0 Å². The van der Waals surface area contributed by atoms with Crippen LogP contribution in [0.4, 0.5) is 4.79 Å². The Morgan fingerprint density at radius 2 is 1.88 bits per heavy atom. The van der Waals surface area contributed by atoms with E-state index in [1.807, 2.05) is 44.2 Å². The number of hydrogen-bond acceptors (Lipinski definition) is 4. The normalized spacial score (nSPS) is 11.2. The van der Waals surface area contributed by atoms with Gasteiger partial charge in [-0.15, -0.1) is 6.42 Å². The third kappa shape index (κ3) is 2.99. The lowest BCUT2D eigenvalue weighted by Gasteiger charge is -2.25. The van der Waals surface area contributed by atoms with Gasteiger partial charge in [-0.05, 0) is 37.1 Å². The van der Waals surface area contributed by atoms with E-state index in [0.717, 1.165) is 16.7 Å². The highest BCUT2D eigenvalue weighted by molar-refractivity contribution is 5.68. The minimum Gasteiger partial charge on any atom is -0.449 e. The van der Waals surface area contributed by atoms with Crippen LogP contribution in [0, 0.1) is 26.2 Å². The largest absolute Gasteiger partial charge is 0.449 e. The summed E-state index contributed by atoms with van der Waals surface area (Å²) in [5.74, 6) is 4.98. The van der Waals surface area contributed by atoms with Crippen LogP contribution in [-0.4, -0.2) is 12.7 Å². The Kier molecular flexibility index (Phi) is 4.30. The second-order valence-electron chi connectivity index (χ2n) is 5.42. The first kappa shape index (κ1) is 15.8. The molecule has 1 heterocycles. The second-order valence-corrected chi connectivity index (χ2v) is 5.42. The van der Waals surface area contributed by atoms with Crippen molar-refractivity contribution in [3.63, 3.8) is 0 Å². The first-order valence-electron chi connectivity index (χ1n) is 7.52. The number of terminal acetylenes is 1. The molecule has 0 bridgehead atoms. The zero-order valence-electron chi connectivity index (χ0n) is 13.5. The van der Waals surface area contributed by atoms with E-state index in [1.165, 1.54) is 0 Å². The standard InChI is InChI=1S/C19H17NO4/c1-4-9-22-19(21)20-11-14-10-12(2)17-18(13(14)3)24-16-8-6-5-7-15(16)23-17/h1,5-8,10H,9,11H2,2-3H3,(H,20,21). The highest BCUT2D eigenvalue weighted by Crippen LogP contribution is 2.48. The number of carbonyl (C=O) groups is 1. The number of rotatable bonds is 3. The molecule has 0 atom stereocenters. The summed E-state index contributed by atoms with van der Waals surface area (Å²) in [5.41, 5.74) is 2.76. The fraction of sp³-hybridized carbons (Fsp3) is 0.211. The van der Waals surface area contributed by atoms with Gasteiger partial charge in [0, 0.05) is 12.1 Å². The zero-order valence-corrected chi connectivity index (χ0v) is 13.5. The lowest BCUT2D eigenvalue weighted by atomic mass is 10.0. The Morgan fingerprint density at radius 1 is 1.21 bits per heavy atom. The first-order valence-corrected chi connectivity index (χ1v) is 7.52. The van der Waals surface area contributed by atoms with Crippen molar-refractivity contribution in [2.24, 2.45) is 0 Å². The number of carbonyl (C=O) groups excluding carboxylic acids is 1. The molecule has 1 aliphatic heterocycles. The molecule has 3 rings (SSSR count). The average molecular weight is 323 g/mol. The average Bonchev–Trinajstić information content (AvgIpc) is 2.60. The van der Waals surface area contributed by atoms with Crippen molar-refractivity contribution in [1.29, 1.82) is 0 Å². The van der Waals surface area contributed by atoms with Gasteiger partial charge in [0.15, 0.2) is 29.6 Å². The Balaban J connectivity index is 1.84. The number of nitrogens with one attached hydrogen (secondary N) is 1. The van der Waals surface area contributed by atoms with Crippen LogP contribution in [0.15, 0.2) is 30.3 Å². The van der Waals surface area contributed by atoms with Crippen LogP contribution in [-0.2, 0) is 11.3 Å². The summed E-state index contributed by atoms with van der Waals surface area (Å²) in [5, 5.41) is 2.67. The molecule has 5 nitrogen and oxygen atoms in total. The Bertz CT molecular complexity index is 836. The molecule has 1 amide bonds. The molecule has 122 valence electrons. The number of hydrogen-bond donors (Lipinski definition) is 1. The van der Waals surface area contributed by atoms with E-state index in [0.29, 0.717) is 29.5 Å². The molecule has 0 spiro atoms. The Morgan fingerprint density at radius 3 is 2.54 bits per heavy atom. The fourth-order valence-corrected chi connectivity index (χ4v) is 2.53. The minimum absolute atomic E-state index is 0.0538. The van der Waals surface area contributed by atoms with E-state index < -0.39 is 6.09 Å². The molecule has 0 aliphatic carbocycles. The van der Waals surface area contributed by atoms with Crippen molar-refractivity contribution in [2.75, 3.05) is 6.61 Å². The first-order chi connectivity index (χ1) is 11.6. The van der Waals surface area contributed by atoms with E-state index in [-0.39, 0.29) is 6.61 Å². The van der Waals surface area contributed by atoms with Gasteiger partial charge in [-0.2, -0.15) is 0 Å². The van der Waals surface area contributed by atoms with E-state index in [4.69, 9.17) is 20.6 Å². The zero-order chi connectivity index (χ0) is 17.1. The van der Waals surface area contributed by atoms with Gasteiger partial charge in [0.1, 0.15) is 0 Å².